The van der Waals surface area contributed by atoms with Crippen molar-refractivity contribution in [3.05, 3.63) is 94.0 Å². The van der Waals surface area contributed by atoms with E-state index in [1.807, 2.05) is 36.4 Å². The maximum atomic E-state index is 13.0. The number of amides is 3. The van der Waals surface area contributed by atoms with Gasteiger partial charge in [-0.25, -0.2) is 0 Å². The molecule has 0 saturated carbocycles. The number of hydrogen-bond donors (Lipinski definition) is 1. The molecule has 1 unspecified atom stereocenters. The second-order valence-corrected chi connectivity index (χ2v) is 11.1. The van der Waals surface area contributed by atoms with Crippen LogP contribution in [0, 0.1) is 0 Å². The Morgan fingerprint density at radius 1 is 0.769 bits per heavy atom. The first-order valence-corrected chi connectivity index (χ1v) is 13.9. The number of piperazine rings is 1. The van der Waals surface area contributed by atoms with Gasteiger partial charge in [0.1, 0.15) is 6.04 Å². The Bertz CT molecular complexity index is 1400. The van der Waals surface area contributed by atoms with E-state index in [0.717, 1.165) is 49.9 Å². The normalized spacial score (nSPS) is 20.3. The van der Waals surface area contributed by atoms with Crippen molar-refractivity contribution in [2.75, 3.05) is 26.2 Å². The van der Waals surface area contributed by atoms with E-state index in [0.29, 0.717) is 18.5 Å². The molecule has 3 aromatic rings. The Kier molecular flexibility index (Phi) is 7.21. The fraction of sp³-hybridized carbons (Fsp3) is 0.323. The molecular formula is C31H31ClN4O3. The van der Waals surface area contributed by atoms with Gasteiger partial charge in [0.05, 0.1) is 0 Å². The number of benzene rings is 3. The Labute approximate surface area is 233 Å². The zero-order valence-electron chi connectivity index (χ0n) is 21.7. The molecule has 3 amide bonds. The van der Waals surface area contributed by atoms with Crippen LogP contribution in [-0.2, 0) is 29.2 Å². The highest BCUT2D eigenvalue weighted by Crippen LogP contribution is 2.29. The van der Waals surface area contributed by atoms with E-state index in [-0.39, 0.29) is 24.1 Å². The lowest BCUT2D eigenvalue weighted by Crippen LogP contribution is -2.52. The molecule has 0 aliphatic carbocycles. The van der Waals surface area contributed by atoms with Gasteiger partial charge in [0.2, 0.25) is 11.8 Å². The maximum absolute atomic E-state index is 13.0. The number of carbonyl (C=O) groups excluding carboxylic acids is 3. The smallest absolute Gasteiger partial charge is 0.255 e. The van der Waals surface area contributed by atoms with Gasteiger partial charge in [0.25, 0.3) is 5.91 Å². The lowest BCUT2D eigenvalue weighted by atomic mass is 10.0. The third-order valence-corrected chi connectivity index (χ3v) is 8.25. The van der Waals surface area contributed by atoms with E-state index in [4.69, 9.17) is 11.6 Å². The summed E-state index contributed by atoms with van der Waals surface area (Å²) < 4.78 is 0. The predicted molar refractivity (Wildman–Crippen MR) is 150 cm³/mol. The summed E-state index contributed by atoms with van der Waals surface area (Å²) in [4.78, 5) is 43.3. The Morgan fingerprint density at radius 2 is 1.36 bits per heavy atom. The van der Waals surface area contributed by atoms with E-state index >= 15 is 0 Å². The molecule has 0 radical (unpaired) electrons. The van der Waals surface area contributed by atoms with Gasteiger partial charge in [-0.1, -0.05) is 60.1 Å². The number of hydrogen-bond acceptors (Lipinski definition) is 5. The summed E-state index contributed by atoms with van der Waals surface area (Å²) >= 11 is 6.01. The van der Waals surface area contributed by atoms with Gasteiger partial charge in [-0.15, -0.1) is 0 Å². The lowest BCUT2D eigenvalue weighted by Gasteiger charge is -2.34. The minimum Gasteiger partial charge on any atom is -0.322 e. The van der Waals surface area contributed by atoms with Crippen LogP contribution in [0.25, 0.3) is 11.1 Å². The molecule has 7 nitrogen and oxygen atoms in total. The predicted octanol–water partition coefficient (Wildman–Crippen LogP) is 4.09. The van der Waals surface area contributed by atoms with Crippen molar-refractivity contribution in [2.24, 2.45) is 0 Å². The van der Waals surface area contributed by atoms with Crippen molar-refractivity contribution in [1.82, 2.24) is 20.0 Å². The fourth-order valence-corrected chi connectivity index (χ4v) is 5.92. The molecular weight excluding hydrogens is 512 g/mol. The summed E-state index contributed by atoms with van der Waals surface area (Å²) in [5.74, 6) is -0.765. The van der Waals surface area contributed by atoms with Crippen LogP contribution >= 0.6 is 11.6 Å². The van der Waals surface area contributed by atoms with Crippen molar-refractivity contribution in [3.8, 4) is 11.1 Å². The zero-order valence-corrected chi connectivity index (χ0v) is 22.5. The van der Waals surface area contributed by atoms with E-state index in [1.54, 1.807) is 4.90 Å². The van der Waals surface area contributed by atoms with Crippen molar-refractivity contribution in [1.29, 1.82) is 0 Å². The second kappa shape index (κ2) is 10.9. The van der Waals surface area contributed by atoms with Gasteiger partial charge in [-0.05, 0) is 52.4 Å². The van der Waals surface area contributed by atoms with Crippen molar-refractivity contribution < 1.29 is 14.4 Å². The van der Waals surface area contributed by atoms with E-state index in [2.05, 4.69) is 45.4 Å². The van der Waals surface area contributed by atoms with Gasteiger partial charge in [0.15, 0.2) is 0 Å². The summed E-state index contributed by atoms with van der Waals surface area (Å²) in [5.41, 5.74) is 6.47. The third kappa shape index (κ3) is 5.62. The molecule has 3 aromatic carbocycles. The lowest BCUT2D eigenvalue weighted by molar-refractivity contribution is -0.136. The van der Waals surface area contributed by atoms with E-state index in [1.165, 1.54) is 22.3 Å². The van der Waals surface area contributed by atoms with Crippen LogP contribution in [0.15, 0.2) is 66.7 Å². The van der Waals surface area contributed by atoms with Crippen molar-refractivity contribution in [2.45, 2.75) is 38.5 Å². The Morgan fingerprint density at radius 3 is 2.00 bits per heavy atom. The van der Waals surface area contributed by atoms with Crippen molar-refractivity contribution in [3.63, 3.8) is 0 Å². The number of fused-ring (bicyclic) bond motifs is 1. The summed E-state index contributed by atoms with van der Waals surface area (Å²) in [7, 11) is 0. The molecule has 2 saturated heterocycles. The number of piperidine rings is 1. The number of nitrogens with one attached hydrogen (secondary N) is 1. The molecule has 0 aromatic heterocycles. The van der Waals surface area contributed by atoms with Gasteiger partial charge in [-0.2, -0.15) is 0 Å². The van der Waals surface area contributed by atoms with E-state index < -0.39 is 6.04 Å². The number of halogens is 1. The minimum absolute atomic E-state index is 0.124. The number of rotatable bonds is 6. The van der Waals surface area contributed by atoms with Gasteiger partial charge < -0.3 is 4.90 Å². The fourth-order valence-electron chi connectivity index (χ4n) is 5.79. The first kappa shape index (κ1) is 25.7. The van der Waals surface area contributed by atoms with Crippen LogP contribution in [0.5, 0.6) is 0 Å². The summed E-state index contributed by atoms with van der Waals surface area (Å²) in [6.07, 6.45) is 0.649. The highest BCUT2D eigenvalue weighted by molar-refractivity contribution is 6.30. The topological polar surface area (TPSA) is 73.0 Å². The van der Waals surface area contributed by atoms with Crippen LogP contribution < -0.4 is 5.32 Å². The molecule has 3 aliphatic heterocycles. The summed E-state index contributed by atoms with van der Waals surface area (Å²) in [6, 6.07) is 22.1. The molecule has 39 heavy (non-hydrogen) atoms. The van der Waals surface area contributed by atoms with Crippen LogP contribution in [0.1, 0.15) is 39.9 Å². The quantitative estimate of drug-likeness (QED) is 0.475. The molecule has 8 heteroatoms. The monoisotopic (exact) mass is 542 g/mol. The first-order valence-electron chi connectivity index (χ1n) is 13.5. The van der Waals surface area contributed by atoms with Crippen molar-refractivity contribution >= 4 is 29.3 Å². The number of nitrogens with zero attached hydrogens (tertiary/aromatic N) is 3. The Hall–Kier alpha value is -3.52. The van der Waals surface area contributed by atoms with Gasteiger partial charge in [-0.3, -0.25) is 29.5 Å². The highest BCUT2D eigenvalue weighted by atomic mass is 35.5. The van der Waals surface area contributed by atoms with Crippen LogP contribution in [0.2, 0.25) is 5.02 Å². The van der Waals surface area contributed by atoms with E-state index in [9.17, 15) is 14.4 Å². The van der Waals surface area contributed by atoms with Crippen LogP contribution in [-0.4, -0.2) is 64.6 Å². The first-order chi connectivity index (χ1) is 18.9. The minimum atomic E-state index is -0.576. The van der Waals surface area contributed by atoms with Crippen LogP contribution in [0.4, 0.5) is 0 Å². The molecule has 3 aliphatic rings. The standard InChI is InChI=1S/C31H31ClN4O3/c32-26-8-6-24(7-9-26)23-4-1-21(2-5-23)18-34-13-15-35(16-14-34)19-22-3-10-27-25(17-22)20-36(31(27)39)28-11-12-29(37)33-30(28)38/h1-10,17,28H,11-16,18-20H2,(H,33,37,38). The van der Waals surface area contributed by atoms with Gasteiger partial charge >= 0.3 is 0 Å². The average Bonchev–Trinajstić information content (AvgIpc) is 3.26. The number of imide groups is 1. The molecule has 3 heterocycles. The highest BCUT2D eigenvalue weighted by Gasteiger charge is 2.39. The second-order valence-electron chi connectivity index (χ2n) is 10.6. The molecule has 2 fully saturated rings. The largest absolute Gasteiger partial charge is 0.322 e. The SMILES string of the molecule is O=C1CCC(N2Cc3cc(CN4CCN(Cc5ccc(-c6ccc(Cl)cc6)cc5)CC4)ccc3C2=O)C(=O)N1. The average molecular weight is 543 g/mol. The molecule has 6 rings (SSSR count). The van der Waals surface area contributed by atoms with Gasteiger partial charge in [0, 0.05) is 62.8 Å². The third-order valence-electron chi connectivity index (χ3n) is 8.00. The summed E-state index contributed by atoms with van der Waals surface area (Å²) in [6.45, 7) is 6.17. The van der Waals surface area contributed by atoms with Crippen LogP contribution in [0.3, 0.4) is 0 Å². The molecule has 1 N–H and O–H groups in total. The molecule has 1 atom stereocenters. The Balaban J connectivity index is 1.01. The molecule has 0 bridgehead atoms. The summed E-state index contributed by atoms with van der Waals surface area (Å²) in [5, 5.41) is 3.11. The number of carbonyl (C=O) groups is 3. The maximum Gasteiger partial charge on any atom is 0.255 e. The molecule has 0 spiro atoms. The zero-order chi connectivity index (χ0) is 26.9. The molecule has 200 valence electrons.